The van der Waals surface area contributed by atoms with Gasteiger partial charge in [-0.3, -0.25) is 4.79 Å². The summed E-state index contributed by atoms with van der Waals surface area (Å²) in [6.45, 7) is 3.03. The van der Waals surface area contributed by atoms with Crippen molar-refractivity contribution < 1.29 is 22.3 Å². The highest BCUT2D eigenvalue weighted by molar-refractivity contribution is 7.89. The Morgan fingerprint density at radius 3 is 2.50 bits per heavy atom. The first-order chi connectivity index (χ1) is 13.3. The molecule has 1 N–H and O–H groups in total. The Labute approximate surface area is 164 Å². The van der Waals surface area contributed by atoms with Gasteiger partial charge in [0.15, 0.2) is 0 Å². The molecule has 2 aromatic rings. The number of rotatable bonds is 5. The normalized spacial score (nSPS) is 16.0. The lowest BCUT2D eigenvalue weighted by molar-refractivity contribution is 0.102. The molecule has 1 aliphatic heterocycles. The van der Waals surface area contributed by atoms with Crippen LogP contribution in [0.25, 0.3) is 0 Å². The highest BCUT2D eigenvalue weighted by Gasteiger charge is 2.29. The molecule has 6 nitrogen and oxygen atoms in total. The number of halogens is 1. The highest BCUT2D eigenvalue weighted by Crippen LogP contribution is 2.31. The second kappa shape index (κ2) is 8.28. The monoisotopic (exact) mass is 406 g/mol. The number of nitrogens with zero attached hydrogens (tertiary/aromatic N) is 1. The third-order valence-corrected chi connectivity index (χ3v) is 6.81. The van der Waals surface area contributed by atoms with Crippen LogP contribution < -0.4 is 10.1 Å². The first-order valence-corrected chi connectivity index (χ1v) is 10.5. The number of carbonyl (C=O) groups excluding carboxylic acids is 1. The van der Waals surface area contributed by atoms with Gasteiger partial charge < -0.3 is 10.1 Å². The van der Waals surface area contributed by atoms with Crippen molar-refractivity contribution >= 4 is 21.6 Å². The van der Waals surface area contributed by atoms with Gasteiger partial charge in [-0.05, 0) is 49.1 Å². The van der Waals surface area contributed by atoms with Crippen LogP contribution in [0, 0.1) is 11.7 Å². The molecule has 0 radical (unpaired) electrons. The molecule has 0 unspecified atom stereocenters. The maximum Gasteiger partial charge on any atom is 0.258 e. The average molecular weight is 406 g/mol. The molecule has 0 bridgehead atoms. The predicted molar refractivity (Wildman–Crippen MR) is 105 cm³/mol. The molecule has 0 atom stereocenters. The highest BCUT2D eigenvalue weighted by atomic mass is 32.2. The van der Waals surface area contributed by atoms with Gasteiger partial charge in [0.1, 0.15) is 11.6 Å². The fourth-order valence-corrected chi connectivity index (χ4v) is 4.65. The maximum atomic E-state index is 13.9. The number of ether oxygens (including phenoxy) is 1. The number of methoxy groups -OCH3 is 1. The fraction of sp³-hybridized carbons (Fsp3) is 0.350. The molecule has 0 aliphatic carbocycles. The van der Waals surface area contributed by atoms with Crippen LogP contribution in [0.3, 0.4) is 0 Å². The number of piperidine rings is 1. The van der Waals surface area contributed by atoms with Gasteiger partial charge in [0.2, 0.25) is 10.0 Å². The zero-order valence-corrected chi connectivity index (χ0v) is 16.6. The Bertz CT molecular complexity index is 970. The quantitative estimate of drug-likeness (QED) is 0.825. The van der Waals surface area contributed by atoms with Crippen molar-refractivity contribution in [3.8, 4) is 5.75 Å². The van der Waals surface area contributed by atoms with Crippen LogP contribution in [-0.4, -0.2) is 38.8 Å². The number of hydrogen-bond acceptors (Lipinski definition) is 4. The van der Waals surface area contributed by atoms with Gasteiger partial charge in [-0.25, -0.2) is 12.8 Å². The van der Waals surface area contributed by atoms with Crippen LogP contribution in [0.15, 0.2) is 47.4 Å². The van der Waals surface area contributed by atoms with Crippen molar-refractivity contribution in [3.05, 3.63) is 53.8 Å². The summed E-state index contributed by atoms with van der Waals surface area (Å²) >= 11 is 0. The van der Waals surface area contributed by atoms with E-state index in [9.17, 15) is 17.6 Å². The summed E-state index contributed by atoms with van der Waals surface area (Å²) in [6, 6.07) is 9.86. The van der Waals surface area contributed by atoms with Crippen LogP contribution in [0.1, 0.15) is 30.1 Å². The Morgan fingerprint density at radius 1 is 1.18 bits per heavy atom. The molecule has 0 spiro atoms. The third kappa shape index (κ3) is 4.18. The zero-order chi connectivity index (χ0) is 20.3. The van der Waals surface area contributed by atoms with Crippen LogP contribution in [0.2, 0.25) is 0 Å². The Morgan fingerprint density at radius 2 is 1.86 bits per heavy atom. The second-order valence-electron chi connectivity index (χ2n) is 6.88. The fourth-order valence-electron chi connectivity index (χ4n) is 3.15. The Balaban J connectivity index is 1.90. The smallest absolute Gasteiger partial charge is 0.258 e. The minimum atomic E-state index is -3.69. The average Bonchev–Trinajstić information content (AvgIpc) is 2.68. The minimum Gasteiger partial charge on any atom is -0.495 e. The molecule has 1 fully saturated rings. The molecule has 8 heteroatoms. The number of hydrogen-bond donors (Lipinski definition) is 1. The van der Waals surface area contributed by atoms with E-state index in [0.29, 0.717) is 19.0 Å². The number of amides is 1. The molecule has 1 saturated heterocycles. The molecule has 3 rings (SSSR count). The van der Waals surface area contributed by atoms with Gasteiger partial charge in [0.25, 0.3) is 5.91 Å². The summed E-state index contributed by atoms with van der Waals surface area (Å²) in [6.07, 6.45) is 1.62. The molecule has 28 heavy (non-hydrogen) atoms. The number of nitrogens with one attached hydrogen (secondary N) is 1. The van der Waals surface area contributed by atoms with E-state index < -0.39 is 21.7 Å². The van der Waals surface area contributed by atoms with E-state index in [0.717, 1.165) is 12.8 Å². The molecule has 1 heterocycles. The first kappa shape index (κ1) is 20.3. The third-order valence-electron chi connectivity index (χ3n) is 4.92. The molecule has 0 saturated carbocycles. The SMILES string of the molecule is COc1ccc(S(=O)(=O)N2CCC(C)CC2)cc1NC(=O)c1ccccc1F. The van der Waals surface area contributed by atoms with Crippen LogP contribution in [0.5, 0.6) is 5.75 Å². The molecule has 1 amide bonds. The van der Waals surface area contributed by atoms with Crippen molar-refractivity contribution in [1.82, 2.24) is 4.31 Å². The van der Waals surface area contributed by atoms with E-state index in [2.05, 4.69) is 12.2 Å². The van der Waals surface area contributed by atoms with Crippen molar-refractivity contribution in [2.24, 2.45) is 5.92 Å². The Kier molecular flexibility index (Phi) is 6.00. The van der Waals surface area contributed by atoms with E-state index in [1.165, 1.54) is 47.8 Å². The maximum absolute atomic E-state index is 13.9. The van der Waals surface area contributed by atoms with E-state index in [1.807, 2.05) is 0 Å². The predicted octanol–water partition coefficient (Wildman–Crippen LogP) is 3.51. The van der Waals surface area contributed by atoms with Crippen LogP contribution in [-0.2, 0) is 10.0 Å². The van der Waals surface area contributed by atoms with Gasteiger partial charge in [-0.2, -0.15) is 4.31 Å². The number of benzene rings is 2. The van der Waals surface area contributed by atoms with Gasteiger partial charge in [-0.15, -0.1) is 0 Å². The summed E-state index contributed by atoms with van der Waals surface area (Å²) in [5.41, 5.74) is 0.0324. The van der Waals surface area contributed by atoms with E-state index in [4.69, 9.17) is 4.74 Å². The van der Waals surface area contributed by atoms with Crippen LogP contribution >= 0.6 is 0 Å². The lowest BCUT2D eigenvalue weighted by Crippen LogP contribution is -2.37. The second-order valence-corrected chi connectivity index (χ2v) is 8.82. The van der Waals surface area contributed by atoms with Crippen molar-refractivity contribution in [2.45, 2.75) is 24.7 Å². The van der Waals surface area contributed by atoms with Crippen LogP contribution in [0.4, 0.5) is 10.1 Å². The number of carbonyl (C=O) groups is 1. The Hall–Kier alpha value is -2.45. The summed E-state index contributed by atoms with van der Waals surface area (Å²) in [5.74, 6) is -0.559. The van der Waals surface area contributed by atoms with E-state index >= 15 is 0 Å². The molecular weight excluding hydrogens is 383 g/mol. The van der Waals surface area contributed by atoms with Crippen molar-refractivity contribution in [1.29, 1.82) is 0 Å². The number of anilines is 1. The lowest BCUT2D eigenvalue weighted by atomic mass is 10.0. The summed E-state index contributed by atoms with van der Waals surface area (Å²) in [4.78, 5) is 12.5. The van der Waals surface area contributed by atoms with Gasteiger partial charge in [-0.1, -0.05) is 19.1 Å². The molecule has 150 valence electrons. The summed E-state index contributed by atoms with van der Waals surface area (Å²) in [5, 5.41) is 2.55. The summed E-state index contributed by atoms with van der Waals surface area (Å²) < 4.78 is 46.5. The van der Waals surface area contributed by atoms with Gasteiger partial charge in [0, 0.05) is 13.1 Å². The molecule has 2 aromatic carbocycles. The molecular formula is C20H23FN2O4S. The first-order valence-electron chi connectivity index (χ1n) is 9.07. The summed E-state index contributed by atoms with van der Waals surface area (Å²) in [7, 11) is -2.28. The van der Waals surface area contributed by atoms with E-state index in [-0.39, 0.29) is 21.9 Å². The standard InChI is InChI=1S/C20H23FN2O4S/c1-14-9-11-23(12-10-14)28(25,26)15-7-8-19(27-2)18(13-15)22-20(24)16-5-3-4-6-17(16)21/h3-8,13-14H,9-12H2,1-2H3,(H,22,24). The van der Waals surface area contributed by atoms with E-state index in [1.54, 1.807) is 6.07 Å². The lowest BCUT2D eigenvalue weighted by Gasteiger charge is -2.29. The molecule has 1 aliphatic rings. The van der Waals surface area contributed by atoms with Crippen molar-refractivity contribution in [2.75, 3.05) is 25.5 Å². The largest absolute Gasteiger partial charge is 0.495 e. The zero-order valence-electron chi connectivity index (χ0n) is 15.8. The van der Waals surface area contributed by atoms with Crippen molar-refractivity contribution in [3.63, 3.8) is 0 Å². The number of sulfonamides is 1. The minimum absolute atomic E-state index is 0.0617. The van der Waals surface area contributed by atoms with Gasteiger partial charge in [0.05, 0.1) is 23.3 Å². The van der Waals surface area contributed by atoms with Gasteiger partial charge >= 0.3 is 0 Å². The topological polar surface area (TPSA) is 75.7 Å². The molecule has 0 aromatic heterocycles.